The normalized spacial score (nSPS) is 9.73. The van der Waals surface area contributed by atoms with Crippen molar-refractivity contribution in [3.63, 3.8) is 0 Å². The van der Waals surface area contributed by atoms with Gasteiger partial charge < -0.3 is 10.5 Å². The smallest absolute Gasteiger partial charge is 0.144 e. The number of aromatic hydroxyl groups is 1. The van der Waals surface area contributed by atoms with Gasteiger partial charge in [-0.05, 0) is 44.0 Å². The Kier molecular flexibility index (Phi) is 2.75. The van der Waals surface area contributed by atoms with Gasteiger partial charge in [-0.1, -0.05) is 0 Å². The average molecular weight is 282 g/mol. The maximum Gasteiger partial charge on any atom is 0.144 e. The Bertz CT molecular complexity index is 254. The highest BCUT2D eigenvalue weighted by Gasteiger charge is 2.03. The summed E-state index contributed by atoms with van der Waals surface area (Å²) in [7, 11) is 0. The molecule has 1 aromatic carbocycles. The Morgan fingerprint density at radius 1 is 1.27 bits per heavy atom. The topological polar surface area (TPSA) is 58.3 Å². The van der Waals surface area contributed by atoms with Gasteiger partial charge in [0.1, 0.15) is 5.75 Å². The van der Waals surface area contributed by atoms with E-state index in [0.717, 1.165) is 5.69 Å². The molecule has 0 aromatic heterocycles. The van der Waals surface area contributed by atoms with E-state index < -0.39 is 0 Å². The van der Waals surface area contributed by atoms with Crippen LogP contribution >= 0.6 is 31.9 Å². The molecule has 0 amide bonds. The molecule has 5 heteroatoms. The van der Waals surface area contributed by atoms with Crippen molar-refractivity contribution in [2.45, 2.75) is 0 Å². The molecule has 0 saturated carbocycles. The fourth-order valence-corrected chi connectivity index (χ4v) is 1.84. The summed E-state index contributed by atoms with van der Waals surface area (Å²) in [4.78, 5) is 0. The number of anilines is 1. The number of nitrogens with two attached hydrogens (primary N) is 1. The summed E-state index contributed by atoms with van der Waals surface area (Å²) in [5.74, 6) is 5.33. The molecule has 0 saturated heterocycles. The van der Waals surface area contributed by atoms with Gasteiger partial charge in [0.05, 0.1) is 14.6 Å². The Morgan fingerprint density at radius 2 is 1.73 bits per heavy atom. The van der Waals surface area contributed by atoms with E-state index in [-0.39, 0.29) is 5.75 Å². The molecule has 1 aromatic rings. The van der Waals surface area contributed by atoms with Gasteiger partial charge in [0, 0.05) is 0 Å². The van der Waals surface area contributed by atoms with Crippen molar-refractivity contribution in [3.8, 4) is 5.75 Å². The van der Waals surface area contributed by atoms with Gasteiger partial charge in [-0.25, -0.2) is 0 Å². The third kappa shape index (κ3) is 1.85. The number of halogens is 2. The van der Waals surface area contributed by atoms with E-state index in [1.54, 1.807) is 12.1 Å². The van der Waals surface area contributed by atoms with Crippen LogP contribution in [-0.2, 0) is 0 Å². The number of nitrogens with one attached hydrogen (secondary N) is 1. The molecule has 0 bridgehead atoms. The maximum absolute atomic E-state index is 9.26. The number of phenols is 1. The average Bonchev–Trinajstić information content (AvgIpc) is 1.99. The SMILES string of the molecule is NNc1cc(Br)c(O)c(Br)c1. The lowest BCUT2D eigenvalue weighted by Gasteiger charge is -2.03. The highest BCUT2D eigenvalue weighted by molar-refractivity contribution is 9.11. The van der Waals surface area contributed by atoms with E-state index in [2.05, 4.69) is 37.3 Å². The number of nitrogen functional groups attached to an aromatic ring is 1. The van der Waals surface area contributed by atoms with E-state index in [0.29, 0.717) is 8.95 Å². The van der Waals surface area contributed by atoms with Gasteiger partial charge in [-0.3, -0.25) is 5.84 Å². The number of rotatable bonds is 1. The van der Waals surface area contributed by atoms with Crippen molar-refractivity contribution in [2.24, 2.45) is 5.84 Å². The second-order valence-corrected chi connectivity index (χ2v) is 3.64. The molecule has 0 aliphatic carbocycles. The first kappa shape index (κ1) is 8.83. The minimum Gasteiger partial charge on any atom is -0.506 e. The molecule has 11 heavy (non-hydrogen) atoms. The van der Waals surface area contributed by atoms with Crippen molar-refractivity contribution in [1.29, 1.82) is 0 Å². The van der Waals surface area contributed by atoms with Crippen LogP contribution in [0.5, 0.6) is 5.75 Å². The van der Waals surface area contributed by atoms with Crippen molar-refractivity contribution in [1.82, 2.24) is 0 Å². The molecule has 60 valence electrons. The molecule has 1 rings (SSSR count). The van der Waals surface area contributed by atoms with Crippen LogP contribution in [0.25, 0.3) is 0 Å². The number of hydrogen-bond acceptors (Lipinski definition) is 3. The number of hydrogen-bond donors (Lipinski definition) is 3. The van der Waals surface area contributed by atoms with E-state index in [4.69, 9.17) is 5.84 Å². The molecule has 4 N–H and O–H groups in total. The van der Waals surface area contributed by atoms with Gasteiger partial charge in [-0.15, -0.1) is 0 Å². The third-order valence-electron chi connectivity index (χ3n) is 1.18. The van der Waals surface area contributed by atoms with Crippen LogP contribution in [0, 0.1) is 0 Å². The molecule has 0 spiro atoms. The van der Waals surface area contributed by atoms with Crippen molar-refractivity contribution >= 4 is 37.5 Å². The second kappa shape index (κ2) is 3.42. The van der Waals surface area contributed by atoms with Gasteiger partial charge in [0.15, 0.2) is 0 Å². The van der Waals surface area contributed by atoms with Crippen LogP contribution in [0.4, 0.5) is 5.69 Å². The van der Waals surface area contributed by atoms with Crippen LogP contribution in [0.3, 0.4) is 0 Å². The molecular formula is C6H6Br2N2O. The van der Waals surface area contributed by atoms with Crippen LogP contribution in [0.2, 0.25) is 0 Å². The summed E-state index contributed by atoms with van der Waals surface area (Å²) in [6, 6.07) is 3.36. The first-order chi connectivity index (χ1) is 5.15. The van der Waals surface area contributed by atoms with E-state index >= 15 is 0 Å². The van der Waals surface area contributed by atoms with Gasteiger partial charge in [-0.2, -0.15) is 0 Å². The molecule has 0 aliphatic heterocycles. The lowest BCUT2D eigenvalue weighted by molar-refractivity contribution is 0.468. The van der Waals surface area contributed by atoms with Crippen molar-refractivity contribution in [2.75, 3.05) is 5.43 Å². The lowest BCUT2D eigenvalue weighted by Crippen LogP contribution is -2.06. The number of hydrazine groups is 1. The number of benzene rings is 1. The highest BCUT2D eigenvalue weighted by atomic mass is 79.9. The largest absolute Gasteiger partial charge is 0.506 e. The Morgan fingerprint density at radius 3 is 2.09 bits per heavy atom. The molecule has 0 atom stereocenters. The van der Waals surface area contributed by atoms with Crippen LogP contribution < -0.4 is 11.3 Å². The van der Waals surface area contributed by atoms with Crippen LogP contribution in [-0.4, -0.2) is 5.11 Å². The molecule has 0 unspecified atom stereocenters. The zero-order valence-corrected chi connectivity index (χ0v) is 8.61. The molecule has 0 aliphatic rings. The van der Waals surface area contributed by atoms with E-state index in [1.807, 2.05) is 0 Å². The molecule has 3 nitrogen and oxygen atoms in total. The lowest BCUT2D eigenvalue weighted by atomic mass is 10.3. The Labute approximate surface area is 80.8 Å². The fourth-order valence-electron chi connectivity index (χ4n) is 0.649. The first-order valence-corrected chi connectivity index (χ1v) is 4.38. The minimum atomic E-state index is 0.170. The van der Waals surface area contributed by atoms with E-state index in [1.165, 1.54) is 0 Å². The maximum atomic E-state index is 9.26. The standard InChI is InChI=1S/C6H6Br2N2O/c7-4-1-3(10-9)2-5(8)6(4)11/h1-2,10-11H,9H2. The van der Waals surface area contributed by atoms with Gasteiger partial charge >= 0.3 is 0 Å². The minimum absolute atomic E-state index is 0.170. The second-order valence-electron chi connectivity index (χ2n) is 1.93. The third-order valence-corrected chi connectivity index (χ3v) is 2.39. The van der Waals surface area contributed by atoms with Gasteiger partial charge in [0.2, 0.25) is 0 Å². The summed E-state index contributed by atoms with van der Waals surface area (Å²) in [6.07, 6.45) is 0. The van der Waals surface area contributed by atoms with Crippen molar-refractivity contribution in [3.05, 3.63) is 21.1 Å². The predicted molar refractivity (Wildman–Crippen MR) is 51.3 cm³/mol. The molecule has 0 radical (unpaired) electrons. The highest BCUT2D eigenvalue weighted by Crippen LogP contribution is 2.34. The quantitative estimate of drug-likeness (QED) is 0.420. The Balaban J connectivity index is 3.21. The zero-order chi connectivity index (χ0) is 8.43. The first-order valence-electron chi connectivity index (χ1n) is 2.79. The summed E-state index contributed by atoms with van der Waals surface area (Å²) < 4.78 is 1.19. The fraction of sp³-hybridized carbons (Fsp3) is 0. The summed E-state index contributed by atoms with van der Waals surface area (Å²) in [5, 5.41) is 9.26. The Hall–Kier alpha value is -0.260. The van der Waals surface area contributed by atoms with Crippen LogP contribution in [0.1, 0.15) is 0 Å². The molecule has 0 fully saturated rings. The zero-order valence-electron chi connectivity index (χ0n) is 5.44. The molecular weight excluding hydrogens is 276 g/mol. The number of phenolic OH excluding ortho intramolecular Hbond substituents is 1. The van der Waals surface area contributed by atoms with E-state index in [9.17, 15) is 5.11 Å². The van der Waals surface area contributed by atoms with Gasteiger partial charge in [0.25, 0.3) is 0 Å². The molecule has 0 heterocycles. The predicted octanol–water partition coefficient (Wildman–Crippen LogP) is 2.20. The van der Waals surface area contributed by atoms with Crippen LogP contribution in [0.15, 0.2) is 21.1 Å². The van der Waals surface area contributed by atoms with Crippen molar-refractivity contribution < 1.29 is 5.11 Å². The summed E-state index contributed by atoms with van der Waals surface area (Å²) >= 11 is 6.32. The summed E-state index contributed by atoms with van der Waals surface area (Å²) in [6.45, 7) is 0. The monoisotopic (exact) mass is 280 g/mol. The summed E-state index contributed by atoms with van der Waals surface area (Å²) in [5.41, 5.74) is 3.19.